The molecule has 0 radical (unpaired) electrons. The monoisotopic (exact) mass is 2020 g/mol. The number of pyridine rings is 5. The first-order valence-electron chi connectivity index (χ1n) is 47.8. The van der Waals surface area contributed by atoms with Crippen LogP contribution in [0, 0.1) is 47.0 Å². The molecular weight excluding hydrogens is 1900 g/mol. The summed E-state index contributed by atoms with van der Waals surface area (Å²) in [6, 6.07) is 50.2. The Morgan fingerprint density at radius 3 is 1.02 bits per heavy atom. The summed E-state index contributed by atoms with van der Waals surface area (Å²) in [5, 5.41) is 22.6. The lowest BCUT2D eigenvalue weighted by molar-refractivity contribution is 0.0660. The number of carbonyl (C=O) groups excluding carboxylic acids is 10. The average molecular weight is 2020 g/mol. The van der Waals surface area contributed by atoms with E-state index < -0.39 is 93.4 Å². The van der Waals surface area contributed by atoms with E-state index in [1.807, 2.05) is 132 Å². The molecule has 10 heterocycles. The lowest BCUT2D eigenvalue weighted by Gasteiger charge is -2.32. The minimum Gasteiger partial charge on any atom is -0.395 e. The number of fused-ring (bicyclic) bond motifs is 5. The number of rotatable bonds is 28. The van der Waals surface area contributed by atoms with Crippen LogP contribution in [0.2, 0.25) is 0 Å². The predicted octanol–water partition coefficient (Wildman–Crippen LogP) is 6.32. The zero-order valence-electron chi connectivity index (χ0n) is 81.9. The second-order valence-corrected chi connectivity index (χ2v) is 41.7. The van der Waals surface area contributed by atoms with E-state index in [-0.39, 0.29) is 152 Å². The number of aliphatic hydroxyl groups is 1. The SMILES string of the molecule is CCN1CCn2c(ccc(C(=O)NCc3ccc(C)cc3)c2=O)C1=O.Cc1ccc(CNC(=O)c2ccc3n(c2=O)CCN(C)C3=O)cc1.Cc1ccc(CNC(=O)c2ccc3n(c2=O)CCN(CCN(C2CC2)S(C)(=O)=O)C3=O)cc1.Cc1ccc(CNC(=O)c2ccc3n(c2=O)CCN(CCO)C3=O)cc1.[C-]#[N+]C1(CS(=O)(=O)C2(CN3CCn4c(ccc(C(=O)NCc5ccc(C)c(F)c5)c4=O)C3=O)CC2)CC1. The normalized spacial score (nSPS) is 15.5. The van der Waals surface area contributed by atoms with Gasteiger partial charge in [-0.3, -0.25) is 71.9 Å². The molecule has 8 aliphatic rings. The molecule has 40 heteroatoms. The highest BCUT2D eigenvalue weighted by atomic mass is 32.2. The first-order chi connectivity index (χ1) is 69.1. The van der Waals surface area contributed by atoms with E-state index in [1.165, 1.54) is 97.8 Å². The van der Waals surface area contributed by atoms with Gasteiger partial charge in [-0.15, -0.1) is 0 Å². The van der Waals surface area contributed by atoms with Gasteiger partial charge in [-0.1, -0.05) is 131 Å². The molecule has 0 atom stereocenters. The Labute approximate surface area is 836 Å². The number of amides is 10. The summed E-state index contributed by atoms with van der Waals surface area (Å²) in [6.45, 7) is 24.6. The molecule has 3 fully saturated rings. The molecule has 10 aromatic rings. The number of β-amino-alcohol motifs (C(OH)–C–C–N with tert-alkyl or cyclic N) is 1. The minimum absolute atomic E-state index is 0.0101. The van der Waals surface area contributed by atoms with Crippen LogP contribution in [0.3, 0.4) is 0 Å². The highest BCUT2D eigenvalue weighted by molar-refractivity contribution is 7.93. The van der Waals surface area contributed by atoms with Gasteiger partial charge in [-0.05, 0) is 167 Å². The van der Waals surface area contributed by atoms with Crippen molar-refractivity contribution in [2.75, 3.05) is 91.1 Å². The molecule has 37 nitrogen and oxygen atoms in total. The molecular formula is C105H116FN17O20S2. The van der Waals surface area contributed by atoms with Crippen LogP contribution in [0.25, 0.3) is 4.85 Å². The van der Waals surface area contributed by atoms with Crippen LogP contribution in [0.1, 0.15) is 205 Å². The topological polar surface area (TPSA) is 453 Å². The van der Waals surface area contributed by atoms with Crippen LogP contribution < -0.4 is 54.4 Å². The van der Waals surface area contributed by atoms with E-state index in [0.29, 0.717) is 120 Å². The van der Waals surface area contributed by atoms with Crippen molar-refractivity contribution in [2.24, 2.45) is 0 Å². The highest BCUT2D eigenvalue weighted by Crippen LogP contribution is 2.50. The number of likely N-dealkylation sites (N-methyl/N-ethyl adjacent to an activating group) is 2. The van der Waals surface area contributed by atoms with Gasteiger partial charge in [0.25, 0.3) is 86.9 Å². The third-order valence-corrected chi connectivity index (χ3v) is 31.0. The number of halogens is 1. The van der Waals surface area contributed by atoms with Crippen molar-refractivity contribution < 1.29 is 74.3 Å². The molecule has 5 aromatic heterocycles. The number of aromatic nitrogens is 5. The van der Waals surface area contributed by atoms with Crippen LogP contribution in [0.5, 0.6) is 0 Å². The number of benzene rings is 5. The van der Waals surface area contributed by atoms with E-state index in [4.69, 9.17) is 11.7 Å². The maximum Gasteiger partial charge on any atom is 0.270 e. The molecule has 0 bridgehead atoms. The summed E-state index contributed by atoms with van der Waals surface area (Å²) in [6.07, 6.45) is 4.94. The number of aryl methyl sites for hydroxylation is 5. The van der Waals surface area contributed by atoms with E-state index in [9.17, 15) is 93.1 Å². The molecule has 5 aromatic carbocycles. The molecule has 0 unspecified atom stereocenters. The zero-order chi connectivity index (χ0) is 104. The van der Waals surface area contributed by atoms with Gasteiger partial charge in [0, 0.05) is 157 Å². The highest BCUT2D eigenvalue weighted by Gasteiger charge is 2.63. The number of carbonyl (C=O) groups is 10. The Morgan fingerprint density at radius 1 is 0.407 bits per heavy atom. The first kappa shape index (κ1) is 106. The fraction of sp³-hybridized carbons (Fsp3) is 0.371. The van der Waals surface area contributed by atoms with Crippen LogP contribution >= 0.6 is 0 Å². The molecule has 145 heavy (non-hydrogen) atoms. The molecule has 0 saturated heterocycles. The third-order valence-electron chi connectivity index (χ3n) is 26.9. The number of nitrogens with zero attached hydrogens (tertiary/aromatic N) is 12. The molecule has 760 valence electrons. The van der Waals surface area contributed by atoms with E-state index in [1.54, 1.807) is 52.9 Å². The molecule has 3 aliphatic carbocycles. The van der Waals surface area contributed by atoms with Gasteiger partial charge in [0.05, 0.1) is 17.6 Å². The van der Waals surface area contributed by atoms with Gasteiger partial charge in [0.1, 0.15) is 67.9 Å². The molecule has 3 saturated carbocycles. The maximum absolute atomic E-state index is 13.8. The van der Waals surface area contributed by atoms with Crippen LogP contribution in [-0.2, 0) is 85.3 Å². The average Bonchev–Trinajstić information content (AvgIpc) is 1.56. The second kappa shape index (κ2) is 45.2. The predicted molar refractivity (Wildman–Crippen MR) is 537 cm³/mol. The number of hydrogen-bond acceptors (Lipinski definition) is 20. The Kier molecular flexibility index (Phi) is 32.9. The third kappa shape index (κ3) is 24.8. The fourth-order valence-electron chi connectivity index (χ4n) is 17.4. The lowest BCUT2D eigenvalue weighted by Crippen LogP contribution is -2.50. The van der Waals surface area contributed by atoms with Crippen LogP contribution in [0.4, 0.5) is 4.39 Å². The number of aliphatic hydroxyl groups excluding tert-OH is 1. The van der Waals surface area contributed by atoms with Gasteiger partial charge in [-0.2, -0.15) is 4.31 Å². The number of nitrogens with one attached hydrogen (secondary N) is 5. The van der Waals surface area contributed by atoms with Gasteiger partial charge in [-0.25, -0.2) is 27.8 Å². The summed E-state index contributed by atoms with van der Waals surface area (Å²) in [7, 11) is -5.21. The van der Waals surface area contributed by atoms with E-state index in [0.717, 1.165) is 57.3 Å². The fourth-order valence-corrected chi connectivity index (χ4v) is 21.0. The van der Waals surface area contributed by atoms with E-state index >= 15 is 0 Å². The number of sulfone groups is 1. The summed E-state index contributed by atoms with van der Waals surface area (Å²) < 4.78 is 71.1. The Bertz CT molecular complexity index is 7350. The number of sulfonamides is 1. The summed E-state index contributed by atoms with van der Waals surface area (Å²) in [4.78, 5) is 200. The van der Waals surface area contributed by atoms with Crippen molar-refractivity contribution in [2.45, 2.75) is 162 Å². The smallest absolute Gasteiger partial charge is 0.270 e. The van der Waals surface area contributed by atoms with Crippen LogP contribution in [-0.4, -0.2) is 240 Å². The Balaban J connectivity index is 0.000000145. The second-order valence-electron chi connectivity index (χ2n) is 37.4. The molecule has 6 N–H and O–H groups in total. The molecule has 5 aliphatic heterocycles. The molecule has 0 spiro atoms. The largest absolute Gasteiger partial charge is 0.395 e. The van der Waals surface area contributed by atoms with E-state index in [2.05, 4.69) is 31.4 Å². The summed E-state index contributed by atoms with van der Waals surface area (Å²) >= 11 is 0. The van der Waals surface area contributed by atoms with Gasteiger partial charge in [0.15, 0.2) is 9.84 Å². The quantitative estimate of drug-likeness (QED) is 0.0292. The first-order valence-corrected chi connectivity index (χ1v) is 51.3. The minimum atomic E-state index is -3.57. The van der Waals surface area contributed by atoms with Gasteiger partial charge < -0.3 is 83.9 Å². The summed E-state index contributed by atoms with van der Waals surface area (Å²) in [5.41, 5.74) is 7.36. The zero-order valence-corrected chi connectivity index (χ0v) is 83.5. The summed E-state index contributed by atoms with van der Waals surface area (Å²) in [5.74, 6) is -4.47. The van der Waals surface area contributed by atoms with Crippen molar-refractivity contribution >= 4 is 78.9 Å². The van der Waals surface area contributed by atoms with Crippen LogP contribution in [0.15, 0.2) is 200 Å². The molecule has 18 rings (SSSR count). The maximum atomic E-state index is 13.8. The van der Waals surface area contributed by atoms with Crippen molar-refractivity contribution in [3.8, 4) is 0 Å². The van der Waals surface area contributed by atoms with Crippen molar-refractivity contribution in [1.29, 1.82) is 0 Å². The van der Waals surface area contributed by atoms with Crippen molar-refractivity contribution in [1.82, 2.24) is 78.2 Å². The Morgan fingerprint density at radius 2 is 0.710 bits per heavy atom. The van der Waals surface area contributed by atoms with Gasteiger partial charge >= 0.3 is 0 Å². The Hall–Kier alpha value is -15.2. The van der Waals surface area contributed by atoms with Gasteiger partial charge in [0.2, 0.25) is 15.6 Å². The number of hydrogen-bond donors (Lipinski definition) is 6. The molecule has 10 amide bonds. The van der Waals surface area contributed by atoms with Crippen molar-refractivity contribution in [3.63, 3.8) is 0 Å². The van der Waals surface area contributed by atoms with Crippen molar-refractivity contribution in [3.05, 3.63) is 357 Å². The lowest BCUT2D eigenvalue weighted by atomic mass is 10.1. The standard InChI is InChI=1S/C26H27FN4O5S.C23H28N4O5S.C19H21N3O4.C19H21N3O3.C18H19N3O3/c1-17-3-4-18(13-20(17)27)14-29-22(32)19-5-6-21-24(34)30(11-12-31(21)23(19)33)15-26(9-10-26)37(35,36)16-25(28-2)7-8-25;1-16-3-5-17(6-4-16)15-24-21(28)19-9-10-20-23(30)25(11-13-26(20)22(19)29)12-14-27(18-7-8-18)33(2,31)32;1-13-2-4-14(5-3-13)12-20-17(24)15-6-7-16-19(26)21(10-11-23)8-9-22(16)18(15)25;1-3-21-10-11-22-16(19(21)25)9-8-15(18(22)24)17(23)20-12-14-6-4-13(2)5-7-14;1-12-3-5-13(6-4-12)11-19-16(22)14-7-8-15-18(24)20(2)9-10-21(15)17(14)23/h3-6,13H,7-12,14-16H2,1H3,(H,29,32);3-6,9-10,18H,7-8,11-15H2,1-2H3,(H,24,28);2-7,23H,8-12H2,1H3,(H,20,24);4-9H,3,10-12H2,1-2H3,(H,20,23);3-8H,9-11H2,1-2H3,(H,19,22).